The molecule has 2 aromatic rings. The van der Waals surface area contributed by atoms with E-state index in [0.29, 0.717) is 0 Å². The van der Waals surface area contributed by atoms with Gasteiger partial charge < -0.3 is 9.29 Å². The Kier molecular flexibility index (Phi) is 6.06. The Hall–Kier alpha value is -1.05. The fourth-order valence-corrected chi connectivity index (χ4v) is 2.44. The molecule has 7 heteroatoms. The predicted molar refractivity (Wildman–Crippen MR) is 76.6 cm³/mol. The van der Waals surface area contributed by atoms with Crippen LogP contribution in [0.5, 0.6) is 11.5 Å². The summed E-state index contributed by atoms with van der Waals surface area (Å²) in [6, 6.07) is 12.9. The smallest absolute Gasteiger partial charge is 0.872 e. The zero-order chi connectivity index (χ0) is 15.7. The molecule has 112 valence electrons. The van der Waals surface area contributed by atoms with E-state index in [9.17, 15) is 13.5 Å². The number of hydrogen-bond acceptors (Lipinski definition) is 4. The van der Waals surface area contributed by atoms with Gasteiger partial charge in [-0.3, -0.25) is 4.55 Å². The quantitative estimate of drug-likeness (QED) is 0.590. The molecular formula is C15H15NaO5S. The fraction of sp³-hybridized carbons (Fsp3) is 0.200. The first-order valence-corrected chi connectivity index (χ1v) is 7.60. The van der Waals surface area contributed by atoms with Crippen molar-refractivity contribution in [2.24, 2.45) is 0 Å². The Morgan fingerprint density at radius 2 is 1.36 bits per heavy atom. The Morgan fingerprint density at radius 3 is 1.77 bits per heavy atom. The minimum Gasteiger partial charge on any atom is -0.872 e. The van der Waals surface area contributed by atoms with Crippen LogP contribution >= 0.6 is 0 Å². The average Bonchev–Trinajstić information content (AvgIpc) is 2.38. The molecule has 22 heavy (non-hydrogen) atoms. The summed E-state index contributed by atoms with van der Waals surface area (Å²) >= 11 is 0. The normalized spacial score (nSPS) is 11.6. The second kappa shape index (κ2) is 7.02. The monoisotopic (exact) mass is 330 g/mol. The van der Waals surface area contributed by atoms with Crippen molar-refractivity contribution in [2.45, 2.75) is 19.3 Å². The summed E-state index contributed by atoms with van der Waals surface area (Å²) in [5, 5.41) is 11.2. The summed E-state index contributed by atoms with van der Waals surface area (Å²) < 4.78 is 34.3. The molecule has 0 atom stereocenters. The van der Waals surface area contributed by atoms with E-state index in [1.807, 2.05) is 13.8 Å². The molecule has 0 spiro atoms. The van der Waals surface area contributed by atoms with Crippen molar-refractivity contribution >= 4 is 10.4 Å². The van der Waals surface area contributed by atoms with Gasteiger partial charge in [0.2, 0.25) is 0 Å². The van der Waals surface area contributed by atoms with Crippen molar-refractivity contribution in [1.82, 2.24) is 0 Å². The molecule has 5 nitrogen and oxygen atoms in total. The van der Waals surface area contributed by atoms with Crippen LogP contribution in [-0.4, -0.2) is 13.0 Å². The van der Waals surface area contributed by atoms with Crippen molar-refractivity contribution in [1.29, 1.82) is 0 Å². The van der Waals surface area contributed by atoms with Crippen molar-refractivity contribution in [3.8, 4) is 11.5 Å². The second-order valence-corrected chi connectivity index (χ2v) is 6.21. The summed E-state index contributed by atoms with van der Waals surface area (Å²) in [6.45, 7) is 3.98. The molecule has 0 aliphatic heterocycles. The van der Waals surface area contributed by atoms with Gasteiger partial charge in [0.25, 0.3) is 0 Å². The topological polar surface area (TPSA) is 86.7 Å². The van der Waals surface area contributed by atoms with Crippen LogP contribution in [0.4, 0.5) is 0 Å². The maximum Gasteiger partial charge on any atom is 1.00 e. The largest absolute Gasteiger partial charge is 1.00 e. The molecule has 0 bridgehead atoms. The summed E-state index contributed by atoms with van der Waals surface area (Å²) in [6.07, 6.45) is 0. The zero-order valence-corrected chi connectivity index (χ0v) is 15.4. The van der Waals surface area contributed by atoms with Gasteiger partial charge in [-0.1, -0.05) is 50.2 Å². The van der Waals surface area contributed by atoms with E-state index in [-0.39, 0.29) is 46.5 Å². The van der Waals surface area contributed by atoms with Crippen molar-refractivity contribution < 1.29 is 51.8 Å². The molecule has 0 aliphatic carbocycles. The summed E-state index contributed by atoms with van der Waals surface area (Å²) in [4.78, 5) is 0. The van der Waals surface area contributed by atoms with Crippen molar-refractivity contribution in [3.63, 3.8) is 0 Å². The molecule has 0 saturated carbocycles. The Morgan fingerprint density at radius 1 is 0.955 bits per heavy atom. The molecule has 0 radical (unpaired) electrons. The van der Waals surface area contributed by atoms with Gasteiger partial charge >= 0.3 is 40.0 Å². The van der Waals surface area contributed by atoms with Gasteiger partial charge in [0.1, 0.15) is 5.75 Å². The molecule has 2 aromatic carbocycles. The third kappa shape index (κ3) is 4.72. The van der Waals surface area contributed by atoms with Gasteiger partial charge in [-0.15, -0.1) is 5.75 Å². The van der Waals surface area contributed by atoms with Crippen molar-refractivity contribution in [3.05, 3.63) is 59.7 Å². The minimum absolute atomic E-state index is 0. The maximum absolute atomic E-state index is 11.2. The predicted octanol–water partition coefficient (Wildman–Crippen LogP) is -0.728. The standard InChI is InChI=1S/C15H16O5S.Na/c1-15(2,11-3-7-13(16)8-4-11)12-5-9-14(10-6-12)20-21(17,18)19;/h3-10,16H,1-2H3,(H,17,18,19);/q;+1/p-1. The number of benzene rings is 2. The van der Waals surface area contributed by atoms with Gasteiger partial charge in [-0.05, 0) is 23.3 Å². The van der Waals surface area contributed by atoms with E-state index in [1.165, 1.54) is 24.3 Å². The minimum atomic E-state index is -4.52. The van der Waals surface area contributed by atoms with Crippen LogP contribution in [0.1, 0.15) is 25.0 Å². The van der Waals surface area contributed by atoms with Crippen LogP contribution in [0.3, 0.4) is 0 Å². The summed E-state index contributed by atoms with van der Waals surface area (Å²) in [5.74, 6) is -0.0154. The van der Waals surface area contributed by atoms with Crippen molar-refractivity contribution in [2.75, 3.05) is 0 Å². The SMILES string of the molecule is CC(C)(c1ccc([O-])cc1)c1ccc(OS(=O)(=O)O)cc1.[Na+]. The molecule has 0 unspecified atom stereocenters. The van der Waals surface area contributed by atoms with E-state index >= 15 is 0 Å². The first kappa shape index (κ1) is 19.0. The molecular weight excluding hydrogens is 315 g/mol. The third-order valence-corrected chi connectivity index (χ3v) is 3.76. The first-order valence-electron chi connectivity index (χ1n) is 6.23. The molecule has 0 fully saturated rings. The van der Waals surface area contributed by atoms with E-state index in [1.54, 1.807) is 24.3 Å². The first-order chi connectivity index (χ1) is 9.68. The van der Waals surface area contributed by atoms with Crippen LogP contribution in [0.25, 0.3) is 0 Å². The third-order valence-electron chi connectivity index (χ3n) is 3.35. The average molecular weight is 330 g/mol. The van der Waals surface area contributed by atoms with Crippen LogP contribution in [0.15, 0.2) is 48.5 Å². The van der Waals surface area contributed by atoms with Crippen LogP contribution in [0, 0.1) is 0 Å². The fourth-order valence-electron chi connectivity index (χ4n) is 2.09. The Balaban J connectivity index is 0.00000242. The number of hydrogen-bond donors (Lipinski definition) is 1. The summed E-state index contributed by atoms with van der Waals surface area (Å²) in [7, 11) is -4.52. The van der Waals surface area contributed by atoms with Crippen LogP contribution in [0.2, 0.25) is 0 Å². The molecule has 0 aliphatic rings. The zero-order valence-electron chi connectivity index (χ0n) is 12.6. The molecule has 0 saturated heterocycles. The molecule has 0 heterocycles. The van der Waals surface area contributed by atoms with E-state index in [4.69, 9.17) is 4.55 Å². The van der Waals surface area contributed by atoms with Gasteiger partial charge in [-0.25, -0.2) is 0 Å². The molecule has 0 amide bonds. The van der Waals surface area contributed by atoms with E-state index < -0.39 is 10.4 Å². The van der Waals surface area contributed by atoms with Gasteiger partial charge in [0.05, 0.1) is 0 Å². The van der Waals surface area contributed by atoms with E-state index in [0.717, 1.165) is 11.1 Å². The Labute approximate surface area is 152 Å². The van der Waals surface area contributed by atoms with E-state index in [2.05, 4.69) is 4.18 Å². The van der Waals surface area contributed by atoms with Crippen LogP contribution < -0.4 is 38.8 Å². The summed E-state index contributed by atoms with van der Waals surface area (Å²) in [5.41, 5.74) is 1.53. The molecule has 2 rings (SSSR count). The van der Waals surface area contributed by atoms with Gasteiger partial charge in [0, 0.05) is 5.41 Å². The second-order valence-electron chi connectivity index (χ2n) is 5.18. The number of rotatable bonds is 4. The molecule has 0 aromatic heterocycles. The molecule has 1 N–H and O–H groups in total. The van der Waals surface area contributed by atoms with Gasteiger partial charge in [-0.2, -0.15) is 8.42 Å². The maximum atomic E-state index is 11.2. The van der Waals surface area contributed by atoms with Crippen LogP contribution in [-0.2, 0) is 15.8 Å². The van der Waals surface area contributed by atoms with Gasteiger partial charge in [0.15, 0.2) is 0 Å². The Bertz CT molecular complexity index is 722.